The summed E-state index contributed by atoms with van der Waals surface area (Å²) in [5, 5.41) is 5.81. The molecular formula is C24H23Cl3N4O3S. The molecule has 1 N–H and O–H groups in total. The van der Waals surface area contributed by atoms with E-state index in [1.54, 1.807) is 24.3 Å². The Morgan fingerprint density at radius 3 is 2.46 bits per heavy atom. The number of nitrogens with zero attached hydrogens (tertiary/aromatic N) is 3. The molecule has 11 heteroatoms. The number of carbonyl (C=O) groups is 1. The molecule has 0 atom stereocenters. The first-order valence-electron chi connectivity index (χ1n) is 10.5. The molecule has 7 nitrogen and oxygen atoms in total. The van der Waals surface area contributed by atoms with Gasteiger partial charge in [-0.3, -0.25) is 4.79 Å². The lowest BCUT2D eigenvalue weighted by molar-refractivity contribution is -0.118. The third-order valence-corrected chi connectivity index (χ3v) is 6.26. The standard InChI is InChI=1S/C24H23Cl3N4O3S/c1-4-33-21-10-17(9-20(27)23(21)34-12-16-5-6-18(25)19(26)8-16)11-28-31-22(32)13-35-24-29-14(2)7-15(3)30-24/h5-11H,4,12-13H2,1-3H3,(H,31,32)/b28-11-. The summed E-state index contributed by atoms with van der Waals surface area (Å²) in [5.74, 6) is 0.694. The van der Waals surface area contributed by atoms with Crippen molar-refractivity contribution < 1.29 is 14.3 Å². The fourth-order valence-electron chi connectivity index (χ4n) is 2.95. The van der Waals surface area contributed by atoms with Gasteiger partial charge in [0.1, 0.15) is 6.61 Å². The number of thioether (sulfide) groups is 1. The van der Waals surface area contributed by atoms with Gasteiger partial charge in [-0.15, -0.1) is 0 Å². The highest BCUT2D eigenvalue weighted by atomic mass is 35.5. The van der Waals surface area contributed by atoms with Crippen molar-refractivity contribution in [3.8, 4) is 11.5 Å². The van der Waals surface area contributed by atoms with Crippen molar-refractivity contribution in [2.45, 2.75) is 32.5 Å². The number of hydrogen-bond donors (Lipinski definition) is 1. The van der Waals surface area contributed by atoms with Crippen LogP contribution in [0.2, 0.25) is 15.1 Å². The second kappa shape index (κ2) is 13.0. The highest BCUT2D eigenvalue weighted by Crippen LogP contribution is 2.37. The summed E-state index contributed by atoms with van der Waals surface area (Å²) < 4.78 is 11.6. The van der Waals surface area contributed by atoms with Crippen LogP contribution in [0.1, 0.15) is 29.4 Å². The first-order chi connectivity index (χ1) is 16.7. The molecule has 1 amide bonds. The van der Waals surface area contributed by atoms with Crippen LogP contribution in [0.4, 0.5) is 0 Å². The van der Waals surface area contributed by atoms with Gasteiger partial charge < -0.3 is 9.47 Å². The molecule has 0 unspecified atom stereocenters. The Hall–Kier alpha value is -2.52. The van der Waals surface area contributed by atoms with Gasteiger partial charge in [-0.05, 0) is 62.2 Å². The van der Waals surface area contributed by atoms with Crippen LogP contribution in [-0.2, 0) is 11.4 Å². The van der Waals surface area contributed by atoms with Crippen LogP contribution in [0, 0.1) is 13.8 Å². The zero-order valence-electron chi connectivity index (χ0n) is 19.3. The number of nitrogens with one attached hydrogen (secondary N) is 1. The van der Waals surface area contributed by atoms with E-state index in [9.17, 15) is 4.79 Å². The van der Waals surface area contributed by atoms with E-state index in [-0.39, 0.29) is 18.3 Å². The molecule has 1 heterocycles. The van der Waals surface area contributed by atoms with Gasteiger partial charge in [0.25, 0.3) is 5.91 Å². The molecule has 184 valence electrons. The summed E-state index contributed by atoms with van der Waals surface area (Å²) in [6, 6.07) is 10.5. The first kappa shape index (κ1) is 27.1. The lowest BCUT2D eigenvalue weighted by Gasteiger charge is -2.14. The Labute approximate surface area is 223 Å². The van der Waals surface area contributed by atoms with E-state index < -0.39 is 0 Å². The average Bonchev–Trinajstić information content (AvgIpc) is 2.79. The van der Waals surface area contributed by atoms with E-state index in [4.69, 9.17) is 44.3 Å². The van der Waals surface area contributed by atoms with E-state index in [2.05, 4.69) is 20.5 Å². The Morgan fingerprint density at radius 1 is 1.03 bits per heavy atom. The van der Waals surface area contributed by atoms with Gasteiger partial charge in [0, 0.05) is 11.4 Å². The molecule has 0 saturated heterocycles. The van der Waals surface area contributed by atoms with Gasteiger partial charge in [0.2, 0.25) is 0 Å². The first-order valence-corrected chi connectivity index (χ1v) is 12.7. The molecule has 0 fully saturated rings. The third-order valence-electron chi connectivity index (χ3n) is 4.40. The SMILES string of the molecule is CCOc1cc(/C=N\NC(=O)CSc2nc(C)cc(C)n2)cc(Cl)c1OCc1ccc(Cl)c(Cl)c1. The molecule has 0 aliphatic rings. The zero-order chi connectivity index (χ0) is 25.4. The molecule has 3 aromatic rings. The van der Waals surface area contributed by atoms with Gasteiger partial charge in [0.05, 0.1) is 33.6 Å². The van der Waals surface area contributed by atoms with Crippen LogP contribution in [0.5, 0.6) is 11.5 Å². The van der Waals surface area contributed by atoms with Crippen LogP contribution < -0.4 is 14.9 Å². The lowest BCUT2D eigenvalue weighted by atomic mass is 10.2. The fraction of sp³-hybridized carbons (Fsp3) is 0.250. The number of hydrazone groups is 1. The van der Waals surface area contributed by atoms with Crippen molar-refractivity contribution in [1.29, 1.82) is 0 Å². The van der Waals surface area contributed by atoms with Crippen LogP contribution in [0.3, 0.4) is 0 Å². The van der Waals surface area contributed by atoms with E-state index >= 15 is 0 Å². The van der Waals surface area contributed by atoms with Crippen molar-refractivity contribution in [2.24, 2.45) is 5.10 Å². The maximum absolute atomic E-state index is 12.1. The molecule has 35 heavy (non-hydrogen) atoms. The van der Waals surface area contributed by atoms with Crippen molar-refractivity contribution in [3.63, 3.8) is 0 Å². The van der Waals surface area contributed by atoms with Crippen LogP contribution in [0.25, 0.3) is 0 Å². The Morgan fingerprint density at radius 2 is 1.77 bits per heavy atom. The van der Waals surface area contributed by atoms with E-state index in [1.165, 1.54) is 18.0 Å². The molecule has 0 radical (unpaired) electrons. The number of amides is 1. The van der Waals surface area contributed by atoms with Crippen LogP contribution >= 0.6 is 46.6 Å². The predicted octanol–water partition coefficient (Wildman–Crippen LogP) is 6.27. The summed E-state index contributed by atoms with van der Waals surface area (Å²) in [7, 11) is 0. The van der Waals surface area contributed by atoms with Crippen molar-refractivity contribution >= 4 is 58.7 Å². The monoisotopic (exact) mass is 552 g/mol. The largest absolute Gasteiger partial charge is 0.490 e. The molecule has 2 aromatic carbocycles. The minimum Gasteiger partial charge on any atom is -0.490 e. The fourth-order valence-corrected chi connectivity index (χ4v) is 4.29. The van der Waals surface area contributed by atoms with Gasteiger partial charge >= 0.3 is 0 Å². The summed E-state index contributed by atoms with van der Waals surface area (Å²) in [6.45, 7) is 6.26. The van der Waals surface area contributed by atoms with E-state index in [1.807, 2.05) is 32.9 Å². The van der Waals surface area contributed by atoms with Crippen LogP contribution in [-0.4, -0.2) is 34.4 Å². The van der Waals surface area contributed by atoms with E-state index in [0.29, 0.717) is 43.9 Å². The third kappa shape index (κ3) is 8.28. The topological polar surface area (TPSA) is 85.7 Å². The minimum absolute atomic E-state index is 0.132. The number of aryl methyl sites for hydroxylation is 2. The number of halogens is 3. The number of benzene rings is 2. The number of carbonyl (C=O) groups excluding carboxylic acids is 1. The van der Waals surface area contributed by atoms with Crippen molar-refractivity contribution in [3.05, 3.63) is 74.0 Å². The van der Waals surface area contributed by atoms with Gasteiger partial charge in [-0.2, -0.15) is 5.10 Å². The number of aromatic nitrogens is 2. The smallest absolute Gasteiger partial charge is 0.250 e. The Kier molecular flexibility index (Phi) is 10.0. The highest BCUT2D eigenvalue weighted by molar-refractivity contribution is 7.99. The number of hydrogen-bond acceptors (Lipinski definition) is 7. The number of ether oxygens (including phenoxy) is 2. The summed E-state index contributed by atoms with van der Waals surface area (Å²) in [4.78, 5) is 20.7. The minimum atomic E-state index is -0.285. The van der Waals surface area contributed by atoms with E-state index in [0.717, 1.165) is 17.0 Å². The van der Waals surface area contributed by atoms with Gasteiger partial charge in [0.15, 0.2) is 16.7 Å². The maximum Gasteiger partial charge on any atom is 0.250 e. The van der Waals surface area contributed by atoms with Crippen LogP contribution in [0.15, 0.2) is 46.7 Å². The normalized spacial score (nSPS) is 11.0. The molecular weight excluding hydrogens is 531 g/mol. The molecule has 0 spiro atoms. The maximum atomic E-state index is 12.1. The Balaban J connectivity index is 1.62. The molecule has 1 aromatic heterocycles. The summed E-state index contributed by atoms with van der Waals surface area (Å²) in [5.41, 5.74) is 5.65. The zero-order valence-corrected chi connectivity index (χ0v) is 22.4. The number of rotatable bonds is 10. The average molecular weight is 554 g/mol. The summed E-state index contributed by atoms with van der Waals surface area (Å²) in [6.07, 6.45) is 1.48. The predicted molar refractivity (Wildman–Crippen MR) is 141 cm³/mol. The second-order valence-corrected chi connectivity index (χ2v) is 9.48. The van der Waals surface area contributed by atoms with Crippen molar-refractivity contribution in [2.75, 3.05) is 12.4 Å². The quantitative estimate of drug-likeness (QED) is 0.138. The van der Waals surface area contributed by atoms with Gasteiger partial charge in [-0.1, -0.05) is 52.6 Å². The molecule has 0 aliphatic heterocycles. The molecule has 0 saturated carbocycles. The lowest BCUT2D eigenvalue weighted by Crippen LogP contribution is -2.19. The molecule has 3 rings (SSSR count). The molecule has 0 bridgehead atoms. The molecule has 0 aliphatic carbocycles. The van der Waals surface area contributed by atoms with Crippen molar-refractivity contribution in [1.82, 2.24) is 15.4 Å². The van der Waals surface area contributed by atoms with Gasteiger partial charge in [-0.25, -0.2) is 15.4 Å². The second-order valence-electron chi connectivity index (χ2n) is 7.32. The summed E-state index contributed by atoms with van der Waals surface area (Å²) >= 11 is 19.7. The Bertz CT molecular complexity index is 1220. The highest BCUT2D eigenvalue weighted by Gasteiger charge is 2.13.